The molecule has 0 saturated carbocycles. The standard InChI is InChI=1S/C17H20N4O4/c22-17(20-14-7-3-1-4-8-14)25-12-6-2-5-11-18-16-10-9-15(13-19-16)21(23)24/h1,3-4,7-10,13H,2,5-6,11-12H2,(H,18,19)(H,20,22). The molecule has 132 valence electrons. The number of unbranched alkanes of at least 4 members (excludes halogenated alkanes) is 2. The number of amides is 1. The number of carbonyl (C=O) groups excluding carboxylic acids is 1. The quantitative estimate of drug-likeness (QED) is 0.407. The number of nitrogens with one attached hydrogen (secondary N) is 2. The molecule has 1 heterocycles. The fourth-order valence-electron chi connectivity index (χ4n) is 2.06. The van der Waals surface area contributed by atoms with Crippen LogP contribution in [0.5, 0.6) is 0 Å². The highest BCUT2D eigenvalue weighted by molar-refractivity contribution is 5.84. The molecule has 0 saturated heterocycles. The van der Waals surface area contributed by atoms with Crippen LogP contribution in [0.15, 0.2) is 48.7 Å². The van der Waals surface area contributed by atoms with Crippen LogP contribution in [0.4, 0.5) is 22.0 Å². The Morgan fingerprint density at radius 1 is 1.12 bits per heavy atom. The number of hydrogen-bond acceptors (Lipinski definition) is 6. The zero-order valence-corrected chi connectivity index (χ0v) is 13.7. The molecular weight excluding hydrogens is 324 g/mol. The minimum atomic E-state index is -0.481. The fraction of sp³-hybridized carbons (Fsp3) is 0.294. The van der Waals surface area contributed by atoms with Crippen molar-refractivity contribution in [1.82, 2.24) is 4.98 Å². The molecular formula is C17H20N4O4. The second-order valence-electron chi connectivity index (χ2n) is 5.27. The van der Waals surface area contributed by atoms with Crippen molar-refractivity contribution in [3.63, 3.8) is 0 Å². The van der Waals surface area contributed by atoms with Gasteiger partial charge >= 0.3 is 6.09 Å². The lowest BCUT2D eigenvalue weighted by Gasteiger charge is -2.07. The van der Waals surface area contributed by atoms with Gasteiger partial charge in [-0.15, -0.1) is 0 Å². The lowest BCUT2D eigenvalue weighted by atomic mass is 10.2. The Hall–Kier alpha value is -3.16. The Morgan fingerprint density at radius 3 is 2.60 bits per heavy atom. The largest absolute Gasteiger partial charge is 0.449 e. The van der Waals surface area contributed by atoms with Crippen LogP contribution >= 0.6 is 0 Å². The molecule has 0 atom stereocenters. The smallest absolute Gasteiger partial charge is 0.411 e. The molecule has 1 aromatic heterocycles. The third kappa shape index (κ3) is 6.86. The summed E-state index contributed by atoms with van der Waals surface area (Å²) in [7, 11) is 0. The molecule has 8 heteroatoms. The van der Waals surface area contributed by atoms with Gasteiger partial charge in [0.1, 0.15) is 12.0 Å². The van der Waals surface area contributed by atoms with E-state index in [0.29, 0.717) is 24.7 Å². The minimum absolute atomic E-state index is 0.0310. The number of anilines is 2. The molecule has 2 N–H and O–H groups in total. The number of rotatable bonds is 9. The van der Waals surface area contributed by atoms with Crippen LogP contribution in [-0.2, 0) is 4.74 Å². The number of ether oxygens (including phenoxy) is 1. The number of carbonyl (C=O) groups is 1. The predicted octanol–water partition coefficient (Wildman–Crippen LogP) is 3.82. The molecule has 8 nitrogen and oxygen atoms in total. The fourth-order valence-corrected chi connectivity index (χ4v) is 2.06. The first-order valence-corrected chi connectivity index (χ1v) is 7.98. The van der Waals surface area contributed by atoms with Crippen LogP contribution < -0.4 is 10.6 Å². The van der Waals surface area contributed by atoms with E-state index in [1.165, 1.54) is 12.3 Å². The van der Waals surface area contributed by atoms with Crippen molar-refractivity contribution < 1.29 is 14.5 Å². The van der Waals surface area contributed by atoms with E-state index >= 15 is 0 Å². The zero-order valence-electron chi connectivity index (χ0n) is 13.7. The molecule has 0 aliphatic heterocycles. The Bertz CT molecular complexity index is 677. The molecule has 0 radical (unpaired) electrons. The van der Waals surface area contributed by atoms with Gasteiger partial charge in [0.05, 0.1) is 11.5 Å². The summed E-state index contributed by atoms with van der Waals surface area (Å²) in [6, 6.07) is 12.1. The second-order valence-corrected chi connectivity index (χ2v) is 5.27. The van der Waals surface area contributed by atoms with Gasteiger partial charge in [-0.3, -0.25) is 15.4 Å². The number of nitrogens with zero attached hydrogens (tertiary/aromatic N) is 2. The van der Waals surface area contributed by atoms with Crippen molar-refractivity contribution in [2.24, 2.45) is 0 Å². The Morgan fingerprint density at radius 2 is 1.92 bits per heavy atom. The van der Waals surface area contributed by atoms with Crippen molar-refractivity contribution in [2.75, 3.05) is 23.8 Å². The van der Waals surface area contributed by atoms with E-state index in [1.807, 2.05) is 18.2 Å². The molecule has 0 spiro atoms. The van der Waals surface area contributed by atoms with Crippen LogP contribution in [-0.4, -0.2) is 29.2 Å². The maximum Gasteiger partial charge on any atom is 0.411 e. The van der Waals surface area contributed by atoms with E-state index in [2.05, 4.69) is 15.6 Å². The molecule has 0 fully saturated rings. The van der Waals surface area contributed by atoms with E-state index < -0.39 is 11.0 Å². The summed E-state index contributed by atoms with van der Waals surface area (Å²) in [5, 5.41) is 16.3. The minimum Gasteiger partial charge on any atom is -0.449 e. The maximum absolute atomic E-state index is 11.6. The third-order valence-electron chi connectivity index (χ3n) is 3.34. The van der Waals surface area contributed by atoms with E-state index in [-0.39, 0.29) is 5.69 Å². The number of benzene rings is 1. The topological polar surface area (TPSA) is 106 Å². The second kappa shape index (κ2) is 9.86. The van der Waals surface area contributed by atoms with Crippen molar-refractivity contribution >= 4 is 23.3 Å². The molecule has 2 aromatic rings. The van der Waals surface area contributed by atoms with Gasteiger partial charge in [0.25, 0.3) is 5.69 Å². The highest BCUT2D eigenvalue weighted by Crippen LogP contribution is 2.12. The van der Waals surface area contributed by atoms with Gasteiger partial charge in [0, 0.05) is 18.3 Å². The number of hydrogen-bond donors (Lipinski definition) is 2. The van der Waals surface area contributed by atoms with Gasteiger partial charge in [-0.25, -0.2) is 9.78 Å². The average molecular weight is 344 g/mol. The summed E-state index contributed by atoms with van der Waals surface area (Å²) in [6.07, 6.45) is 3.29. The summed E-state index contributed by atoms with van der Waals surface area (Å²) in [6.45, 7) is 1.05. The molecule has 0 unspecified atom stereocenters. The number of aromatic nitrogens is 1. The SMILES string of the molecule is O=C(Nc1ccccc1)OCCCCCNc1ccc([N+](=O)[O-])cn1. The Balaban J connectivity index is 1.52. The third-order valence-corrected chi connectivity index (χ3v) is 3.34. The molecule has 1 amide bonds. The molecule has 25 heavy (non-hydrogen) atoms. The van der Waals surface area contributed by atoms with Gasteiger partial charge in [0.15, 0.2) is 0 Å². The lowest BCUT2D eigenvalue weighted by molar-refractivity contribution is -0.385. The van der Waals surface area contributed by atoms with Gasteiger partial charge in [-0.1, -0.05) is 18.2 Å². The number of pyridine rings is 1. The molecule has 0 aliphatic rings. The normalized spacial score (nSPS) is 10.1. The van der Waals surface area contributed by atoms with E-state index in [1.54, 1.807) is 18.2 Å². The van der Waals surface area contributed by atoms with Crippen LogP contribution in [0.3, 0.4) is 0 Å². The van der Waals surface area contributed by atoms with Crippen LogP contribution in [0.2, 0.25) is 0 Å². The lowest BCUT2D eigenvalue weighted by Crippen LogP contribution is -2.14. The van der Waals surface area contributed by atoms with E-state index in [0.717, 1.165) is 19.3 Å². The number of nitro groups is 1. The first-order chi connectivity index (χ1) is 12.1. The van der Waals surface area contributed by atoms with Gasteiger partial charge < -0.3 is 10.1 Å². The van der Waals surface area contributed by atoms with E-state index in [9.17, 15) is 14.9 Å². The molecule has 0 bridgehead atoms. The van der Waals surface area contributed by atoms with Crippen molar-refractivity contribution in [1.29, 1.82) is 0 Å². The number of para-hydroxylation sites is 1. The summed E-state index contributed by atoms with van der Waals surface area (Å²) in [5.41, 5.74) is 0.670. The van der Waals surface area contributed by atoms with Gasteiger partial charge in [-0.05, 0) is 37.5 Å². The Labute approximate surface area is 145 Å². The van der Waals surface area contributed by atoms with Crippen molar-refractivity contribution in [3.8, 4) is 0 Å². The van der Waals surface area contributed by atoms with E-state index in [4.69, 9.17) is 4.74 Å². The average Bonchev–Trinajstić information content (AvgIpc) is 2.62. The monoisotopic (exact) mass is 344 g/mol. The molecule has 1 aromatic carbocycles. The first kappa shape index (κ1) is 18.2. The van der Waals surface area contributed by atoms with Crippen LogP contribution in [0, 0.1) is 10.1 Å². The maximum atomic E-state index is 11.6. The summed E-state index contributed by atoms with van der Waals surface area (Å²) >= 11 is 0. The van der Waals surface area contributed by atoms with Crippen LogP contribution in [0.1, 0.15) is 19.3 Å². The van der Waals surface area contributed by atoms with Gasteiger partial charge in [0.2, 0.25) is 0 Å². The highest BCUT2D eigenvalue weighted by atomic mass is 16.6. The zero-order chi connectivity index (χ0) is 17.9. The van der Waals surface area contributed by atoms with Crippen molar-refractivity contribution in [2.45, 2.75) is 19.3 Å². The molecule has 0 aliphatic carbocycles. The predicted molar refractivity (Wildman–Crippen MR) is 94.6 cm³/mol. The summed E-state index contributed by atoms with van der Waals surface area (Å²) in [4.78, 5) is 25.6. The Kier molecular flexibility index (Phi) is 7.17. The first-order valence-electron chi connectivity index (χ1n) is 7.98. The van der Waals surface area contributed by atoms with Gasteiger partial charge in [-0.2, -0.15) is 0 Å². The summed E-state index contributed by atoms with van der Waals surface area (Å²) < 4.78 is 5.10. The highest BCUT2D eigenvalue weighted by Gasteiger charge is 2.05. The van der Waals surface area contributed by atoms with Crippen LogP contribution in [0.25, 0.3) is 0 Å². The molecule has 2 rings (SSSR count). The summed E-state index contributed by atoms with van der Waals surface area (Å²) in [5.74, 6) is 0.601. The van der Waals surface area contributed by atoms with Crippen molar-refractivity contribution in [3.05, 3.63) is 58.8 Å².